The van der Waals surface area contributed by atoms with Gasteiger partial charge in [-0.15, -0.1) is 0 Å². The van der Waals surface area contributed by atoms with Crippen molar-refractivity contribution in [2.45, 2.75) is 0 Å². The first-order chi connectivity index (χ1) is 5.65. The van der Waals surface area contributed by atoms with Crippen LogP contribution in [-0.4, -0.2) is 0 Å². The molecule has 12 heavy (non-hydrogen) atoms. The Hall–Kier alpha value is -1.33. The van der Waals surface area contributed by atoms with Gasteiger partial charge in [-0.05, 0) is 18.2 Å². The third-order valence-electron chi connectivity index (χ3n) is 1.39. The van der Waals surface area contributed by atoms with Gasteiger partial charge in [0.15, 0.2) is 0 Å². The first-order valence-electron chi connectivity index (χ1n) is 3.19. The predicted molar refractivity (Wildman–Crippen MR) is 46.1 cm³/mol. The summed E-state index contributed by atoms with van der Waals surface area (Å²) >= 11 is 5.51. The van der Waals surface area contributed by atoms with Gasteiger partial charge in [0, 0.05) is 10.6 Å². The molecule has 0 bridgehead atoms. The molecule has 0 fully saturated rings. The maximum Gasteiger partial charge on any atom is 0.133 e. The Labute approximate surface area is 74.7 Å². The Morgan fingerprint density at radius 1 is 1.58 bits per heavy atom. The highest BCUT2D eigenvalue weighted by Crippen LogP contribution is 2.19. The zero-order valence-corrected chi connectivity index (χ0v) is 6.90. The van der Waals surface area contributed by atoms with Crippen molar-refractivity contribution in [3.8, 4) is 6.07 Å². The normalized spacial score (nSPS) is 9.08. The third kappa shape index (κ3) is 1.63. The lowest BCUT2D eigenvalue weighted by Crippen LogP contribution is -1.85. The van der Waals surface area contributed by atoms with E-state index in [0.29, 0.717) is 5.02 Å². The summed E-state index contributed by atoms with van der Waals surface area (Å²) in [7, 11) is 0. The summed E-state index contributed by atoms with van der Waals surface area (Å²) in [4.78, 5) is 0. The van der Waals surface area contributed by atoms with E-state index < -0.39 is 5.82 Å². The maximum absolute atomic E-state index is 13.0. The SMILES string of the molecule is C=C(C#N)c1ccc(Cl)cc1F. The quantitative estimate of drug-likeness (QED) is 0.611. The molecule has 0 saturated heterocycles. The van der Waals surface area contributed by atoms with Gasteiger partial charge in [0.25, 0.3) is 0 Å². The van der Waals surface area contributed by atoms with Crippen molar-refractivity contribution in [3.05, 3.63) is 41.2 Å². The Morgan fingerprint density at radius 2 is 2.25 bits per heavy atom. The minimum absolute atomic E-state index is 0.101. The van der Waals surface area contributed by atoms with Gasteiger partial charge in [-0.3, -0.25) is 0 Å². The molecular weight excluding hydrogens is 177 g/mol. The van der Waals surface area contributed by atoms with Crippen LogP contribution in [0.5, 0.6) is 0 Å². The molecule has 60 valence electrons. The van der Waals surface area contributed by atoms with Gasteiger partial charge in [-0.25, -0.2) is 4.39 Å². The average molecular weight is 182 g/mol. The Kier molecular flexibility index (Phi) is 2.47. The molecule has 1 aromatic carbocycles. The molecule has 0 saturated carbocycles. The number of hydrogen-bond acceptors (Lipinski definition) is 1. The van der Waals surface area contributed by atoms with Crippen molar-refractivity contribution in [1.29, 1.82) is 5.26 Å². The largest absolute Gasteiger partial charge is 0.206 e. The van der Waals surface area contributed by atoms with Crippen LogP contribution >= 0.6 is 11.6 Å². The van der Waals surface area contributed by atoms with E-state index in [2.05, 4.69) is 6.58 Å². The predicted octanol–water partition coefficient (Wildman–Crippen LogP) is 3.02. The zero-order valence-electron chi connectivity index (χ0n) is 6.14. The van der Waals surface area contributed by atoms with Gasteiger partial charge in [0.2, 0.25) is 0 Å². The minimum atomic E-state index is -0.519. The maximum atomic E-state index is 13.0. The summed E-state index contributed by atoms with van der Waals surface area (Å²) in [6, 6.07) is 5.87. The first kappa shape index (κ1) is 8.76. The Balaban J connectivity index is 3.20. The van der Waals surface area contributed by atoms with Crippen LogP contribution in [-0.2, 0) is 0 Å². The van der Waals surface area contributed by atoms with Gasteiger partial charge in [0.1, 0.15) is 5.82 Å². The van der Waals surface area contributed by atoms with Crippen LogP contribution in [0.3, 0.4) is 0 Å². The Morgan fingerprint density at radius 3 is 2.75 bits per heavy atom. The second-order valence-corrected chi connectivity index (χ2v) is 2.65. The zero-order chi connectivity index (χ0) is 9.14. The van der Waals surface area contributed by atoms with Gasteiger partial charge in [-0.1, -0.05) is 18.2 Å². The number of rotatable bonds is 1. The van der Waals surface area contributed by atoms with E-state index in [-0.39, 0.29) is 11.1 Å². The number of benzene rings is 1. The molecule has 3 heteroatoms. The molecule has 1 aromatic rings. The van der Waals surface area contributed by atoms with Crippen molar-refractivity contribution in [2.24, 2.45) is 0 Å². The second kappa shape index (κ2) is 3.38. The number of allylic oxidation sites excluding steroid dienone is 1. The molecule has 0 unspecified atom stereocenters. The van der Waals surface area contributed by atoms with Crippen LogP contribution in [0.4, 0.5) is 4.39 Å². The average Bonchev–Trinajstić information content (AvgIpc) is 2.03. The molecule has 0 atom stereocenters. The van der Waals surface area contributed by atoms with E-state index in [0.717, 1.165) is 6.07 Å². The second-order valence-electron chi connectivity index (χ2n) is 2.21. The third-order valence-corrected chi connectivity index (χ3v) is 1.63. The molecule has 0 N–H and O–H groups in total. The van der Waals surface area contributed by atoms with Gasteiger partial charge >= 0.3 is 0 Å². The summed E-state index contributed by atoms with van der Waals surface area (Å²) in [5, 5.41) is 8.74. The topological polar surface area (TPSA) is 23.8 Å². The van der Waals surface area contributed by atoms with Crippen LogP contribution < -0.4 is 0 Å². The first-order valence-corrected chi connectivity index (χ1v) is 3.57. The molecule has 0 aromatic heterocycles. The number of nitrogens with zero attached hydrogens (tertiary/aromatic N) is 1. The van der Waals surface area contributed by atoms with E-state index in [4.69, 9.17) is 16.9 Å². The highest BCUT2D eigenvalue weighted by Gasteiger charge is 2.04. The van der Waals surface area contributed by atoms with E-state index in [1.54, 1.807) is 6.07 Å². The molecule has 0 radical (unpaired) electrons. The fourth-order valence-electron chi connectivity index (χ4n) is 0.794. The molecule has 0 amide bonds. The molecule has 0 aliphatic heterocycles. The van der Waals surface area contributed by atoms with Crippen molar-refractivity contribution >= 4 is 17.2 Å². The summed E-state index contributed by atoms with van der Waals surface area (Å²) in [5.74, 6) is -0.519. The highest BCUT2D eigenvalue weighted by molar-refractivity contribution is 6.30. The van der Waals surface area contributed by atoms with E-state index in [1.165, 1.54) is 12.1 Å². The summed E-state index contributed by atoms with van der Waals surface area (Å²) in [5.41, 5.74) is 0.297. The van der Waals surface area contributed by atoms with Crippen molar-refractivity contribution in [3.63, 3.8) is 0 Å². The van der Waals surface area contributed by atoms with Gasteiger partial charge < -0.3 is 0 Å². The standard InChI is InChI=1S/C9H5ClFN/c1-6(5-12)8-3-2-7(10)4-9(8)11/h2-4H,1H2. The molecule has 0 spiro atoms. The Bertz CT molecular complexity index is 365. The van der Waals surface area contributed by atoms with E-state index in [9.17, 15) is 4.39 Å². The highest BCUT2D eigenvalue weighted by atomic mass is 35.5. The lowest BCUT2D eigenvalue weighted by Gasteiger charge is -1.98. The molecule has 0 aliphatic carbocycles. The lowest BCUT2D eigenvalue weighted by atomic mass is 10.1. The van der Waals surface area contributed by atoms with Crippen molar-refractivity contribution in [1.82, 2.24) is 0 Å². The van der Waals surface area contributed by atoms with Crippen molar-refractivity contribution in [2.75, 3.05) is 0 Å². The molecular formula is C9H5ClFN. The lowest BCUT2D eigenvalue weighted by molar-refractivity contribution is 0.624. The van der Waals surface area contributed by atoms with E-state index >= 15 is 0 Å². The van der Waals surface area contributed by atoms with Crippen molar-refractivity contribution < 1.29 is 4.39 Å². The van der Waals surface area contributed by atoms with Crippen LogP contribution in [0.15, 0.2) is 24.8 Å². The number of nitriles is 1. The summed E-state index contributed by atoms with van der Waals surface area (Å²) in [6.45, 7) is 3.39. The molecule has 1 rings (SSSR count). The molecule has 0 heterocycles. The number of halogens is 2. The van der Waals surface area contributed by atoms with E-state index in [1.807, 2.05) is 0 Å². The van der Waals surface area contributed by atoms with Crippen LogP contribution in [0, 0.1) is 17.1 Å². The molecule has 0 aliphatic rings. The minimum Gasteiger partial charge on any atom is -0.206 e. The van der Waals surface area contributed by atoms with Gasteiger partial charge in [-0.2, -0.15) is 5.26 Å². The fraction of sp³-hybridized carbons (Fsp3) is 0. The number of hydrogen-bond donors (Lipinski definition) is 0. The van der Waals surface area contributed by atoms with Gasteiger partial charge in [0.05, 0.1) is 11.6 Å². The monoisotopic (exact) mass is 181 g/mol. The summed E-state index contributed by atoms with van der Waals surface area (Å²) in [6.07, 6.45) is 0. The van der Waals surface area contributed by atoms with Crippen LogP contribution in [0.25, 0.3) is 5.57 Å². The fourth-order valence-corrected chi connectivity index (χ4v) is 0.953. The summed E-state index contributed by atoms with van der Waals surface area (Å²) < 4.78 is 13.0. The smallest absolute Gasteiger partial charge is 0.133 e. The van der Waals surface area contributed by atoms with Crippen LogP contribution in [0.2, 0.25) is 5.02 Å². The van der Waals surface area contributed by atoms with Crippen LogP contribution in [0.1, 0.15) is 5.56 Å². The molecule has 1 nitrogen and oxygen atoms in total.